The van der Waals surface area contributed by atoms with Gasteiger partial charge in [0.2, 0.25) is 0 Å². The second-order valence-electron chi connectivity index (χ2n) is 4.23. The average molecular weight is 279 g/mol. The van der Waals surface area contributed by atoms with Gasteiger partial charge in [-0.05, 0) is 8.80 Å². The maximum Gasteiger partial charge on any atom is 2.00 e. The van der Waals surface area contributed by atoms with Crippen LogP contribution < -0.4 is 10.4 Å². The molecule has 0 bridgehead atoms. The summed E-state index contributed by atoms with van der Waals surface area (Å²) >= 11 is 0. The van der Waals surface area contributed by atoms with Crippen molar-refractivity contribution in [2.45, 2.75) is 19.8 Å². The first-order valence-electron chi connectivity index (χ1n) is 6.51. The van der Waals surface area contributed by atoms with E-state index < -0.39 is 8.80 Å². The first kappa shape index (κ1) is 18.4. The Morgan fingerprint density at radius 2 is 1.16 bits per heavy atom. The summed E-state index contributed by atoms with van der Waals surface area (Å²) in [5.74, 6) is 0. The molecule has 0 aliphatic rings. The minimum Gasteiger partial charge on any atom is -0.343 e. The summed E-state index contributed by atoms with van der Waals surface area (Å²) in [6.07, 6.45) is 2.28. The second-order valence-corrected chi connectivity index (χ2v) is 6.67. The topological polar surface area (TPSA) is 0 Å². The molecule has 96 valence electrons. The van der Waals surface area contributed by atoms with E-state index in [1.807, 2.05) is 0 Å². The van der Waals surface area contributed by atoms with Crippen LogP contribution in [-0.2, 0) is 0 Å². The molecule has 19 heavy (non-hydrogen) atoms. The fraction of sp³-hybridized carbons (Fsp3) is 0.176. The van der Waals surface area contributed by atoms with Crippen molar-refractivity contribution in [3.63, 3.8) is 0 Å². The van der Waals surface area contributed by atoms with E-state index in [1.165, 1.54) is 16.8 Å². The quantitative estimate of drug-likeness (QED) is 0.598. The van der Waals surface area contributed by atoms with Gasteiger partial charge in [0.25, 0.3) is 0 Å². The maximum absolute atomic E-state index is 4.32. The molecule has 2 heteroatoms. The minimum absolute atomic E-state index is 0. The van der Waals surface area contributed by atoms with Gasteiger partial charge in [0.15, 0.2) is 0 Å². The summed E-state index contributed by atoms with van der Waals surface area (Å²) in [7, 11) is -1.17. The van der Waals surface area contributed by atoms with E-state index in [2.05, 4.69) is 81.1 Å². The van der Waals surface area contributed by atoms with Crippen LogP contribution in [0.25, 0.3) is 0 Å². The number of unbranched alkanes of at least 4 members (excludes halogenated alkanes) is 1. The normalized spacial score (nSPS) is 9.26. The van der Waals surface area contributed by atoms with Gasteiger partial charge in [-0.1, -0.05) is 84.4 Å². The third kappa shape index (κ3) is 6.95. The third-order valence-electron chi connectivity index (χ3n) is 2.76. The van der Waals surface area contributed by atoms with E-state index >= 15 is 0 Å². The van der Waals surface area contributed by atoms with E-state index in [-0.39, 0.29) is 23.1 Å². The molecule has 2 aromatic carbocycles. The van der Waals surface area contributed by atoms with Gasteiger partial charge in [-0.15, -0.1) is 0 Å². The van der Waals surface area contributed by atoms with Crippen molar-refractivity contribution >= 4 is 42.2 Å². The van der Waals surface area contributed by atoms with Crippen molar-refractivity contribution in [2.24, 2.45) is 0 Å². The molecule has 0 spiro atoms. The Labute approximate surface area is 136 Å². The molecule has 0 amide bonds. The van der Waals surface area contributed by atoms with Gasteiger partial charge >= 0.3 is 23.1 Å². The Balaban J connectivity index is 0.000000576. The van der Waals surface area contributed by atoms with E-state index in [0.717, 1.165) is 6.42 Å². The van der Waals surface area contributed by atoms with Gasteiger partial charge in [0.05, 0.1) is 0 Å². The summed E-state index contributed by atoms with van der Waals surface area (Å²) < 4.78 is 0. The van der Waals surface area contributed by atoms with Crippen LogP contribution in [0.15, 0.2) is 60.7 Å². The van der Waals surface area contributed by atoms with Crippen LogP contribution in [0, 0.1) is 13.5 Å². The molecule has 0 N–H and O–H groups in total. The molecule has 0 heterocycles. The summed E-state index contributed by atoms with van der Waals surface area (Å²) in [6, 6.07) is 21.2. The molecule has 0 aliphatic heterocycles. The number of rotatable bonds is 3. The van der Waals surface area contributed by atoms with E-state index in [9.17, 15) is 0 Å². The third-order valence-corrected chi connectivity index (χ3v) is 5.14. The van der Waals surface area contributed by atoms with Gasteiger partial charge in [-0.2, -0.15) is 6.42 Å². The zero-order valence-corrected chi connectivity index (χ0v) is 14.5. The fourth-order valence-electron chi connectivity index (χ4n) is 1.56. The minimum atomic E-state index is -1.17. The van der Waals surface area contributed by atoms with E-state index in [0.29, 0.717) is 0 Å². The zero-order valence-electron chi connectivity index (χ0n) is 11.9. The monoisotopic (exact) mass is 278 g/mol. The van der Waals surface area contributed by atoms with Crippen molar-refractivity contribution in [3.05, 3.63) is 74.1 Å². The smallest absolute Gasteiger partial charge is 0.343 e. The maximum atomic E-state index is 4.32. The number of hydrogen-bond acceptors (Lipinski definition) is 0. The molecule has 0 unspecified atom stereocenters. The molecule has 0 saturated carbocycles. The molecule has 2 rings (SSSR count). The van der Waals surface area contributed by atoms with Crippen LogP contribution in [-0.4, -0.2) is 31.8 Å². The van der Waals surface area contributed by atoms with Crippen molar-refractivity contribution < 1.29 is 0 Å². The van der Waals surface area contributed by atoms with Gasteiger partial charge in [0, 0.05) is 0 Å². The predicted molar refractivity (Wildman–Crippen MR) is 90.7 cm³/mol. The summed E-state index contributed by atoms with van der Waals surface area (Å²) in [6.45, 7) is 10.0. The van der Waals surface area contributed by atoms with E-state index in [1.54, 1.807) is 0 Å². The van der Waals surface area contributed by atoms with Crippen LogP contribution in [0.3, 0.4) is 0 Å². The standard InChI is InChI=1S/C13H13Si.C4H9.Mg/c1-14(12-8-4-2-5-9-12)13-10-6-3-7-11-13;1-3-4-2;/h2-11,14H,1H2;1,3-4H2,2H3;/q2*-1;+2. The van der Waals surface area contributed by atoms with Crippen LogP contribution in [0.1, 0.15) is 19.8 Å². The zero-order chi connectivity index (χ0) is 13.2. The second kappa shape index (κ2) is 11.3. The van der Waals surface area contributed by atoms with Crippen LogP contribution in [0.2, 0.25) is 0 Å². The Bertz CT molecular complexity index is 372. The number of benzene rings is 2. The van der Waals surface area contributed by atoms with Crippen molar-refractivity contribution in [3.8, 4) is 0 Å². The molecule has 2 aromatic rings. The molecule has 0 saturated heterocycles. The van der Waals surface area contributed by atoms with Crippen molar-refractivity contribution in [1.82, 2.24) is 0 Å². The first-order valence-corrected chi connectivity index (χ1v) is 8.49. The largest absolute Gasteiger partial charge is 2.00 e. The SMILES string of the molecule is [CH2-]CCC.[CH2-][SiH](c1ccccc1)c1ccccc1.[Mg+2]. The molecular formula is C17H22MgSi. The van der Waals surface area contributed by atoms with Crippen LogP contribution in [0.4, 0.5) is 0 Å². The Hall–Kier alpha value is -0.577. The van der Waals surface area contributed by atoms with Crippen molar-refractivity contribution in [1.29, 1.82) is 0 Å². The Kier molecular flexibility index (Phi) is 10.9. The number of hydrogen-bond donors (Lipinski definition) is 0. The van der Waals surface area contributed by atoms with Crippen molar-refractivity contribution in [2.75, 3.05) is 0 Å². The molecule has 0 radical (unpaired) electrons. The molecule has 0 atom stereocenters. The molecule has 0 nitrogen and oxygen atoms in total. The summed E-state index contributed by atoms with van der Waals surface area (Å²) in [4.78, 5) is 0. The Morgan fingerprint density at radius 1 is 0.842 bits per heavy atom. The van der Waals surface area contributed by atoms with Gasteiger partial charge in [-0.25, -0.2) is 0 Å². The summed E-state index contributed by atoms with van der Waals surface area (Å²) in [5.41, 5.74) is 0. The first-order chi connectivity index (χ1) is 8.79. The molecule has 0 aromatic heterocycles. The molecular weight excluding hydrogens is 257 g/mol. The summed E-state index contributed by atoms with van der Waals surface area (Å²) in [5, 5.41) is 2.80. The van der Waals surface area contributed by atoms with Crippen LogP contribution >= 0.6 is 0 Å². The van der Waals surface area contributed by atoms with Gasteiger partial charge in [-0.3, -0.25) is 0 Å². The Morgan fingerprint density at radius 3 is 1.42 bits per heavy atom. The predicted octanol–water partition coefficient (Wildman–Crippen LogP) is 2.64. The van der Waals surface area contributed by atoms with Gasteiger partial charge in [0.1, 0.15) is 0 Å². The van der Waals surface area contributed by atoms with E-state index in [4.69, 9.17) is 0 Å². The average Bonchev–Trinajstić information content (AvgIpc) is 2.48. The molecule has 0 aliphatic carbocycles. The fourth-order valence-corrected chi connectivity index (χ4v) is 3.32. The van der Waals surface area contributed by atoms with Crippen LogP contribution in [0.5, 0.6) is 0 Å². The van der Waals surface area contributed by atoms with Gasteiger partial charge < -0.3 is 13.5 Å². The molecule has 0 fully saturated rings.